The van der Waals surface area contributed by atoms with Crippen molar-refractivity contribution in [3.8, 4) is 11.8 Å². The summed E-state index contributed by atoms with van der Waals surface area (Å²) in [6.45, 7) is 1.88. The molecular formula is C12H13NOS. The fourth-order valence-electron chi connectivity index (χ4n) is 0.989. The van der Waals surface area contributed by atoms with Crippen LogP contribution in [0.5, 0.6) is 0 Å². The van der Waals surface area contributed by atoms with Gasteiger partial charge in [-0.25, -0.2) is 0 Å². The number of hydrogen-bond donors (Lipinski definition) is 1. The van der Waals surface area contributed by atoms with Crippen LogP contribution in [0, 0.1) is 11.8 Å². The van der Waals surface area contributed by atoms with E-state index in [2.05, 4.69) is 17.2 Å². The first-order chi connectivity index (χ1) is 7.22. The lowest BCUT2D eigenvalue weighted by molar-refractivity contribution is -0.118. The Balaban J connectivity index is 2.52. The van der Waals surface area contributed by atoms with E-state index in [1.165, 1.54) is 11.8 Å². The molecule has 0 bridgehead atoms. The number of carbonyl (C=O) groups excluding carboxylic acids is 1. The Bertz CT molecular complexity index is 386. The van der Waals surface area contributed by atoms with Crippen molar-refractivity contribution in [2.24, 2.45) is 0 Å². The molecule has 0 spiro atoms. The maximum absolute atomic E-state index is 10.6. The molecular weight excluding hydrogens is 206 g/mol. The summed E-state index contributed by atoms with van der Waals surface area (Å²) in [5.41, 5.74) is 0.971. The summed E-state index contributed by atoms with van der Waals surface area (Å²) in [7, 11) is 0. The fourth-order valence-corrected chi connectivity index (χ4v) is 1.40. The first kappa shape index (κ1) is 11.7. The average molecular weight is 219 g/mol. The molecule has 78 valence electrons. The van der Waals surface area contributed by atoms with Crippen LogP contribution in [0.1, 0.15) is 12.5 Å². The average Bonchev–Trinajstić information content (AvgIpc) is 2.25. The number of carbonyl (C=O) groups is 1. The molecule has 1 aromatic carbocycles. The molecule has 0 saturated carbocycles. The highest BCUT2D eigenvalue weighted by molar-refractivity contribution is 7.98. The quantitative estimate of drug-likeness (QED) is 0.608. The maximum Gasteiger partial charge on any atom is 0.217 e. The SMILES string of the molecule is CSc1ccc(C#CCNC(C)=O)cc1. The van der Waals surface area contributed by atoms with Crippen LogP contribution in [0.2, 0.25) is 0 Å². The van der Waals surface area contributed by atoms with Crippen LogP contribution >= 0.6 is 11.8 Å². The van der Waals surface area contributed by atoms with Crippen molar-refractivity contribution in [2.75, 3.05) is 12.8 Å². The van der Waals surface area contributed by atoms with E-state index in [1.807, 2.05) is 30.5 Å². The van der Waals surface area contributed by atoms with Gasteiger partial charge in [-0.3, -0.25) is 4.79 Å². The molecule has 1 amide bonds. The minimum Gasteiger partial charge on any atom is -0.345 e. The number of amides is 1. The minimum absolute atomic E-state index is 0.0537. The van der Waals surface area contributed by atoms with E-state index in [1.54, 1.807) is 11.8 Å². The second kappa shape index (κ2) is 6.15. The Morgan fingerprint density at radius 2 is 2.07 bits per heavy atom. The van der Waals surface area contributed by atoms with E-state index in [0.29, 0.717) is 6.54 Å². The molecule has 0 aliphatic rings. The Kier molecular flexibility index (Phi) is 4.79. The van der Waals surface area contributed by atoms with E-state index in [4.69, 9.17) is 0 Å². The van der Waals surface area contributed by atoms with Crippen molar-refractivity contribution in [2.45, 2.75) is 11.8 Å². The molecule has 3 heteroatoms. The molecule has 0 atom stereocenters. The van der Waals surface area contributed by atoms with E-state index in [9.17, 15) is 4.79 Å². The van der Waals surface area contributed by atoms with Crippen LogP contribution in [0.25, 0.3) is 0 Å². The molecule has 0 fully saturated rings. The van der Waals surface area contributed by atoms with Gasteiger partial charge in [0, 0.05) is 17.4 Å². The summed E-state index contributed by atoms with van der Waals surface area (Å²) >= 11 is 1.70. The second-order valence-electron chi connectivity index (χ2n) is 2.94. The first-order valence-electron chi connectivity index (χ1n) is 4.59. The Hall–Kier alpha value is -1.40. The fraction of sp³-hybridized carbons (Fsp3) is 0.250. The summed E-state index contributed by atoms with van der Waals surface area (Å²) < 4.78 is 0. The maximum atomic E-state index is 10.6. The summed E-state index contributed by atoms with van der Waals surface area (Å²) in [4.78, 5) is 11.8. The monoisotopic (exact) mass is 219 g/mol. The van der Waals surface area contributed by atoms with Gasteiger partial charge in [0.15, 0.2) is 0 Å². The van der Waals surface area contributed by atoms with Crippen molar-refractivity contribution in [1.82, 2.24) is 5.32 Å². The molecule has 1 rings (SSSR count). The van der Waals surface area contributed by atoms with Gasteiger partial charge < -0.3 is 5.32 Å². The Morgan fingerprint density at radius 3 is 2.60 bits per heavy atom. The van der Waals surface area contributed by atoms with Gasteiger partial charge in [0.05, 0.1) is 6.54 Å². The van der Waals surface area contributed by atoms with Crippen molar-refractivity contribution in [3.63, 3.8) is 0 Å². The zero-order valence-corrected chi connectivity index (χ0v) is 9.65. The van der Waals surface area contributed by atoms with E-state index >= 15 is 0 Å². The molecule has 15 heavy (non-hydrogen) atoms. The van der Waals surface area contributed by atoms with Gasteiger partial charge in [-0.05, 0) is 30.5 Å². The summed E-state index contributed by atoms with van der Waals surface area (Å²) in [5.74, 6) is 5.81. The molecule has 0 radical (unpaired) electrons. The van der Waals surface area contributed by atoms with Crippen molar-refractivity contribution in [1.29, 1.82) is 0 Å². The molecule has 0 saturated heterocycles. The third-order valence-electron chi connectivity index (χ3n) is 1.75. The Labute approximate surface area is 94.5 Å². The normalized spacial score (nSPS) is 8.93. The molecule has 1 N–H and O–H groups in total. The molecule has 1 aromatic rings. The lowest BCUT2D eigenvalue weighted by Gasteiger charge is -1.95. The lowest BCUT2D eigenvalue weighted by Crippen LogP contribution is -2.19. The first-order valence-corrected chi connectivity index (χ1v) is 5.82. The van der Waals surface area contributed by atoms with Gasteiger partial charge in [0.2, 0.25) is 5.91 Å². The second-order valence-corrected chi connectivity index (χ2v) is 3.82. The van der Waals surface area contributed by atoms with E-state index in [-0.39, 0.29) is 5.91 Å². The molecule has 0 unspecified atom stereocenters. The number of rotatable bonds is 2. The van der Waals surface area contributed by atoms with E-state index in [0.717, 1.165) is 5.56 Å². The lowest BCUT2D eigenvalue weighted by atomic mass is 10.2. The van der Waals surface area contributed by atoms with Gasteiger partial charge in [-0.2, -0.15) is 0 Å². The number of thioether (sulfide) groups is 1. The zero-order chi connectivity index (χ0) is 11.1. The highest BCUT2D eigenvalue weighted by atomic mass is 32.2. The third kappa shape index (κ3) is 4.57. The number of benzene rings is 1. The molecule has 0 aliphatic carbocycles. The highest BCUT2D eigenvalue weighted by Crippen LogP contribution is 2.13. The predicted molar refractivity (Wildman–Crippen MR) is 63.8 cm³/mol. The van der Waals surface area contributed by atoms with Gasteiger partial charge in [0.25, 0.3) is 0 Å². The summed E-state index contributed by atoms with van der Waals surface area (Å²) in [5, 5.41) is 2.62. The third-order valence-corrected chi connectivity index (χ3v) is 2.49. The largest absolute Gasteiger partial charge is 0.345 e. The van der Waals surface area contributed by atoms with Crippen molar-refractivity contribution < 1.29 is 4.79 Å². The number of nitrogens with one attached hydrogen (secondary N) is 1. The molecule has 2 nitrogen and oxygen atoms in total. The predicted octanol–water partition coefficient (Wildman–Crippen LogP) is 1.90. The highest BCUT2D eigenvalue weighted by Gasteiger charge is 1.89. The Morgan fingerprint density at radius 1 is 1.40 bits per heavy atom. The van der Waals surface area contributed by atoms with Crippen LogP contribution in [0.4, 0.5) is 0 Å². The number of hydrogen-bond acceptors (Lipinski definition) is 2. The standard InChI is InChI=1S/C12H13NOS/c1-10(14)13-9-3-4-11-5-7-12(15-2)8-6-11/h5-8H,9H2,1-2H3,(H,13,14). The molecule has 0 aliphatic heterocycles. The van der Waals surface area contributed by atoms with Crippen LogP contribution in [0.15, 0.2) is 29.2 Å². The van der Waals surface area contributed by atoms with Crippen LogP contribution in [0.3, 0.4) is 0 Å². The summed E-state index contributed by atoms with van der Waals surface area (Å²) in [6.07, 6.45) is 2.04. The minimum atomic E-state index is -0.0537. The van der Waals surface area contributed by atoms with E-state index < -0.39 is 0 Å². The smallest absolute Gasteiger partial charge is 0.217 e. The van der Waals surface area contributed by atoms with Gasteiger partial charge >= 0.3 is 0 Å². The summed E-state index contributed by atoms with van der Waals surface area (Å²) in [6, 6.07) is 8.03. The van der Waals surface area contributed by atoms with Crippen LogP contribution < -0.4 is 5.32 Å². The molecule has 0 aromatic heterocycles. The van der Waals surface area contributed by atoms with Crippen LogP contribution in [-0.4, -0.2) is 18.7 Å². The molecule has 0 heterocycles. The van der Waals surface area contributed by atoms with Crippen molar-refractivity contribution in [3.05, 3.63) is 29.8 Å². The zero-order valence-electron chi connectivity index (χ0n) is 8.83. The van der Waals surface area contributed by atoms with Gasteiger partial charge in [-0.15, -0.1) is 11.8 Å². The van der Waals surface area contributed by atoms with Crippen molar-refractivity contribution >= 4 is 17.7 Å². The van der Waals surface area contributed by atoms with Gasteiger partial charge in [0.1, 0.15) is 0 Å². The van der Waals surface area contributed by atoms with Gasteiger partial charge in [-0.1, -0.05) is 11.8 Å². The topological polar surface area (TPSA) is 29.1 Å². The van der Waals surface area contributed by atoms with Crippen LogP contribution in [-0.2, 0) is 4.79 Å².